The molecule has 0 saturated heterocycles. The molecule has 1 aromatic heterocycles. The minimum Gasteiger partial charge on any atom is -0.463 e. The van der Waals surface area contributed by atoms with Crippen molar-refractivity contribution in [2.75, 3.05) is 6.61 Å². The molecular formula is C15H13FO3. The van der Waals surface area contributed by atoms with E-state index in [0.29, 0.717) is 18.1 Å². The van der Waals surface area contributed by atoms with Crippen LogP contribution < -0.4 is 0 Å². The first-order valence-corrected chi connectivity index (χ1v) is 5.89. The van der Waals surface area contributed by atoms with Crippen molar-refractivity contribution in [1.82, 2.24) is 0 Å². The number of furan rings is 1. The van der Waals surface area contributed by atoms with Crippen molar-refractivity contribution in [2.45, 2.75) is 6.92 Å². The quantitative estimate of drug-likeness (QED) is 0.622. The number of carbonyl (C=O) groups excluding carboxylic acids is 1. The van der Waals surface area contributed by atoms with E-state index in [0.717, 1.165) is 5.56 Å². The minimum atomic E-state index is -0.415. The Hall–Kier alpha value is -2.36. The van der Waals surface area contributed by atoms with Gasteiger partial charge in [0.1, 0.15) is 17.3 Å². The molecule has 3 nitrogen and oxygen atoms in total. The minimum absolute atomic E-state index is 0.294. The third-order valence-electron chi connectivity index (χ3n) is 2.43. The zero-order valence-corrected chi connectivity index (χ0v) is 10.4. The summed E-state index contributed by atoms with van der Waals surface area (Å²) in [7, 11) is 0. The topological polar surface area (TPSA) is 39.4 Å². The van der Waals surface area contributed by atoms with Crippen LogP contribution >= 0.6 is 0 Å². The molecule has 0 saturated carbocycles. The smallest absolute Gasteiger partial charge is 0.330 e. The molecule has 98 valence electrons. The number of halogens is 1. The highest BCUT2D eigenvalue weighted by atomic mass is 19.1. The van der Waals surface area contributed by atoms with Crippen LogP contribution in [0.4, 0.5) is 4.39 Å². The van der Waals surface area contributed by atoms with Gasteiger partial charge in [-0.15, -0.1) is 0 Å². The molecule has 1 heterocycles. The van der Waals surface area contributed by atoms with E-state index in [-0.39, 0.29) is 5.82 Å². The second-order valence-corrected chi connectivity index (χ2v) is 3.79. The van der Waals surface area contributed by atoms with Crippen molar-refractivity contribution in [3.8, 4) is 11.3 Å². The Kier molecular flexibility index (Phi) is 4.13. The molecule has 0 bridgehead atoms. The summed E-state index contributed by atoms with van der Waals surface area (Å²) in [4.78, 5) is 11.1. The summed E-state index contributed by atoms with van der Waals surface area (Å²) in [5.41, 5.74) is 0.775. The largest absolute Gasteiger partial charge is 0.463 e. The lowest BCUT2D eigenvalue weighted by molar-refractivity contribution is -0.137. The Morgan fingerprint density at radius 1 is 1.26 bits per heavy atom. The van der Waals surface area contributed by atoms with E-state index in [9.17, 15) is 9.18 Å². The summed E-state index contributed by atoms with van der Waals surface area (Å²) >= 11 is 0. The Labute approximate surface area is 110 Å². The third-order valence-corrected chi connectivity index (χ3v) is 2.43. The van der Waals surface area contributed by atoms with Gasteiger partial charge >= 0.3 is 5.97 Å². The summed E-state index contributed by atoms with van der Waals surface area (Å²) in [5, 5.41) is 0. The first kappa shape index (κ1) is 13.1. The molecule has 0 amide bonds. The highest BCUT2D eigenvalue weighted by Gasteiger charge is 2.03. The fourth-order valence-corrected chi connectivity index (χ4v) is 1.55. The average molecular weight is 260 g/mol. The molecule has 0 unspecified atom stereocenters. The lowest BCUT2D eigenvalue weighted by atomic mass is 10.2. The maximum atomic E-state index is 12.8. The Bertz CT molecular complexity index is 582. The van der Waals surface area contributed by atoms with Crippen LogP contribution in [0.1, 0.15) is 12.7 Å². The van der Waals surface area contributed by atoms with Gasteiger partial charge in [-0.2, -0.15) is 0 Å². The summed E-state index contributed by atoms with van der Waals surface area (Å²) in [6.45, 7) is 2.08. The number of rotatable bonds is 4. The van der Waals surface area contributed by atoms with Gasteiger partial charge in [-0.25, -0.2) is 9.18 Å². The van der Waals surface area contributed by atoms with Gasteiger partial charge in [-0.1, -0.05) is 0 Å². The second-order valence-electron chi connectivity index (χ2n) is 3.79. The van der Waals surface area contributed by atoms with Crippen LogP contribution in [0.5, 0.6) is 0 Å². The Morgan fingerprint density at radius 2 is 2.00 bits per heavy atom. The standard InChI is InChI=1S/C15H13FO3/c1-2-18-15(17)10-8-13-7-9-14(19-13)11-3-5-12(16)6-4-11/h3-10H,2H2,1H3/b10-8+. The van der Waals surface area contributed by atoms with Gasteiger partial charge in [0.15, 0.2) is 0 Å². The van der Waals surface area contributed by atoms with Gasteiger partial charge in [0.25, 0.3) is 0 Å². The van der Waals surface area contributed by atoms with Gasteiger partial charge < -0.3 is 9.15 Å². The van der Waals surface area contributed by atoms with Gasteiger partial charge in [0, 0.05) is 11.6 Å². The zero-order valence-electron chi connectivity index (χ0n) is 10.4. The average Bonchev–Trinajstić information content (AvgIpc) is 2.86. The van der Waals surface area contributed by atoms with Crippen molar-refractivity contribution in [3.05, 3.63) is 54.1 Å². The fourth-order valence-electron chi connectivity index (χ4n) is 1.55. The molecule has 0 aliphatic heterocycles. The van der Waals surface area contributed by atoms with Crippen LogP contribution in [0, 0.1) is 5.82 Å². The molecule has 0 radical (unpaired) electrons. The van der Waals surface area contributed by atoms with E-state index < -0.39 is 5.97 Å². The number of carbonyl (C=O) groups is 1. The number of esters is 1. The lowest BCUT2D eigenvalue weighted by Gasteiger charge is -1.96. The monoisotopic (exact) mass is 260 g/mol. The lowest BCUT2D eigenvalue weighted by Crippen LogP contribution is -1.98. The maximum Gasteiger partial charge on any atom is 0.330 e. The molecule has 19 heavy (non-hydrogen) atoms. The van der Waals surface area contributed by atoms with Crippen molar-refractivity contribution >= 4 is 12.0 Å². The predicted molar refractivity (Wildman–Crippen MR) is 69.8 cm³/mol. The molecular weight excluding hydrogens is 247 g/mol. The number of ether oxygens (including phenoxy) is 1. The van der Waals surface area contributed by atoms with Crippen LogP contribution in [-0.4, -0.2) is 12.6 Å². The molecule has 2 rings (SSSR count). The van der Waals surface area contributed by atoms with E-state index in [1.165, 1.54) is 24.3 Å². The fraction of sp³-hybridized carbons (Fsp3) is 0.133. The molecule has 0 aliphatic rings. The zero-order chi connectivity index (χ0) is 13.7. The van der Waals surface area contributed by atoms with Crippen LogP contribution in [0.3, 0.4) is 0 Å². The Morgan fingerprint density at radius 3 is 2.68 bits per heavy atom. The van der Waals surface area contributed by atoms with Crippen LogP contribution in [-0.2, 0) is 9.53 Å². The number of hydrogen-bond acceptors (Lipinski definition) is 3. The highest BCUT2D eigenvalue weighted by molar-refractivity contribution is 5.86. The second kappa shape index (κ2) is 6.00. The Balaban J connectivity index is 2.11. The van der Waals surface area contributed by atoms with Crippen LogP contribution in [0.15, 0.2) is 46.9 Å². The van der Waals surface area contributed by atoms with Gasteiger partial charge in [-0.05, 0) is 49.4 Å². The van der Waals surface area contributed by atoms with Crippen molar-refractivity contribution in [1.29, 1.82) is 0 Å². The predicted octanol–water partition coefficient (Wildman–Crippen LogP) is 3.66. The van der Waals surface area contributed by atoms with Crippen molar-refractivity contribution < 1.29 is 18.3 Å². The number of benzene rings is 1. The molecule has 1 aromatic carbocycles. The normalized spacial score (nSPS) is 10.8. The van der Waals surface area contributed by atoms with E-state index in [1.807, 2.05) is 0 Å². The molecule has 2 aromatic rings. The molecule has 0 fully saturated rings. The first-order chi connectivity index (χ1) is 9.19. The molecule has 0 N–H and O–H groups in total. The summed E-state index contributed by atoms with van der Waals surface area (Å²) < 4.78 is 23.1. The van der Waals surface area contributed by atoms with Crippen molar-refractivity contribution in [2.24, 2.45) is 0 Å². The van der Waals surface area contributed by atoms with E-state index in [2.05, 4.69) is 0 Å². The van der Waals surface area contributed by atoms with Gasteiger partial charge in [0.05, 0.1) is 6.61 Å². The molecule has 4 heteroatoms. The highest BCUT2D eigenvalue weighted by Crippen LogP contribution is 2.22. The van der Waals surface area contributed by atoms with Crippen molar-refractivity contribution in [3.63, 3.8) is 0 Å². The summed E-state index contributed by atoms with van der Waals surface area (Å²) in [6, 6.07) is 9.49. The van der Waals surface area contributed by atoms with Gasteiger partial charge in [0.2, 0.25) is 0 Å². The van der Waals surface area contributed by atoms with E-state index >= 15 is 0 Å². The SMILES string of the molecule is CCOC(=O)/C=C/c1ccc(-c2ccc(F)cc2)o1. The number of hydrogen-bond donors (Lipinski definition) is 0. The third kappa shape index (κ3) is 3.55. The van der Waals surface area contributed by atoms with E-state index in [4.69, 9.17) is 9.15 Å². The molecule has 0 spiro atoms. The molecule has 0 aliphatic carbocycles. The van der Waals surface area contributed by atoms with Crippen LogP contribution in [0.25, 0.3) is 17.4 Å². The maximum absolute atomic E-state index is 12.8. The van der Waals surface area contributed by atoms with Crippen LogP contribution in [0.2, 0.25) is 0 Å². The van der Waals surface area contributed by atoms with Gasteiger partial charge in [-0.3, -0.25) is 0 Å². The summed E-state index contributed by atoms with van der Waals surface area (Å²) in [5.74, 6) is 0.441. The first-order valence-electron chi connectivity index (χ1n) is 5.89. The molecule has 0 atom stereocenters. The summed E-state index contributed by atoms with van der Waals surface area (Å²) in [6.07, 6.45) is 2.84. The van der Waals surface area contributed by atoms with E-state index in [1.54, 1.807) is 31.2 Å².